The van der Waals surface area contributed by atoms with E-state index in [1.165, 1.54) is 0 Å². The van der Waals surface area contributed by atoms with E-state index in [4.69, 9.17) is 14.2 Å². The lowest BCUT2D eigenvalue weighted by atomic mass is 10.2. The highest BCUT2D eigenvalue weighted by Gasteiger charge is 2.12. The van der Waals surface area contributed by atoms with Crippen molar-refractivity contribution in [3.05, 3.63) is 35.9 Å². The van der Waals surface area contributed by atoms with Crippen molar-refractivity contribution >= 4 is 0 Å². The van der Waals surface area contributed by atoms with Gasteiger partial charge in [-0.25, -0.2) is 0 Å². The summed E-state index contributed by atoms with van der Waals surface area (Å²) in [6.45, 7) is 2.40. The maximum atomic E-state index is 9.78. The van der Waals surface area contributed by atoms with Crippen LogP contribution >= 0.6 is 0 Å². The molecule has 1 saturated heterocycles. The lowest BCUT2D eigenvalue weighted by Gasteiger charge is -2.22. The van der Waals surface area contributed by atoms with Crippen molar-refractivity contribution in [3.8, 4) is 11.8 Å². The van der Waals surface area contributed by atoms with Crippen molar-refractivity contribution < 1.29 is 19.3 Å². The molecule has 1 aliphatic heterocycles. The fourth-order valence-corrected chi connectivity index (χ4v) is 2.31. The first-order chi connectivity index (χ1) is 11.3. The molecular weight excluding hydrogens is 292 g/mol. The van der Waals surface area contributed by atoms with Gasteiger partial charge >= 0.3 is 0 Å². The monoisotopic (exact) mass is 318 g/mol. The van der Waals surface area contributed by atoms with Crippen molar-refractivity contribution in [2.45, 2.75) is 51.1 Å². The maximum absolute atomic E-state index is 9.78. The molecule has 0 aliphatic carbocycles. The molecule has 0 spiro atoms. The summed E-state index contributed by atoms with van der Waals surface area (Å²) in [5.41, 5.74) is 1.13. The van der Waals surface area contributed by atoms with Gasteiger partial charge in [0, 0.05) is 19.4 Å². The first kappa shape index (κ1) is 18.0. The number of rotatable bonds is 8. The van der Waals surface area contributed by atoms with Crippen molar-refractivity contribution in [1.29, 1.82) is 0 Å². The Balaban J connectivity index is 1.48. The molecule has 0 bridgehead atoms. The molecule has 0 radical (unpaired) electrons. The number of aliphatic hydroxyl groups is 1. The van der Waals surface area contributed by atoms with Crippen LogP contribution in [0.15, 0.2) is 30.3 Å². The van der Waals surface area contributed by atoms with Gasteiger partial charge in [-0.15, -0.1) is 0 Å². The van der Waals surface area contributed by atoms with E-state index in [1.807, 2.05) is 30.3 Å². The summed E-state index contributed by atoms with van der Waals surface area (Å²) in [6, 6.07) is 9.99. The summed E-state index contributed by atoms with van der Waals surface area (Å²) >= 11 is 0. The molecule has 23 heavy (non-hydrogen) atoms. The highest BCUT2D eigenvalue weighted by molar-refractivity contribution is 5.13. The Bertz CT molecular complexity index is 471. The van der Waals surface area contributed by atoms with Crippen LogP contribution in [0.5, 0.6) is 0 Å². The molecule has 1 fully saturated rings. The highest BCUT2D eigenvalue weighted by Crippen LogP contribution is 2.13. The van der Waals surface area contributed by atoms with Gasteiger partial charge < -0.3 is 19.3 Å². The highest BCUT2D eigenvalue weighted by atomic mass is 16.7. The molecule has 2 unspecified atom stereocenters. The molecule has 4 heteroatoms. The van der Waals surface area contributed by atoms with Crippen molar-refractivity contribution in [2.75, 3.05) is 19.8 Å². The van der Waals surface area contributed by atoms with Crippen LogP contribution in [0.4, 0.5) is 0 Å². The summed E-state index contributed by atoms with van der Waals surface area (Å²) in [5.74, 6) is 5.77. The second-order valence-electron chi connectivity index (χ2n) is 5.58. The van der Waals surface area contributed by atoms with Crippen LogP contribution in [0.25, 0.3) is 0 Å². The van der Waals surface area contributed by atoms with Crippen molar-refractivity contribution in [3.63, 3.8) is 0 Å². The van der Waals surface area contributed by atoms with Crippen LogP contribution in [0.1, 0.15) is 37.7 Å². The van der Waals surface area contributed by atoms with E-state index in [-0.39, 0.29) is 6.29 Å². The number of ether oxygens (including phenoxy) is 3. The molecule has 1 aromatic rings. The molecule has 2 rings (SSSR count). The van der Waals surface area contributed by atoms with E-state index in [0.29, 0.717) is 32.7 Å². The zero-order valence-electron chi connectivity index (χ0n) is 13.6. The molecule has 2 atom stereocenters. The van der Waals surface area contributed by atoms with Gasteiger partial charge in [0.1, 0.15) is 6.10 Å². The van der Waals surface area contributed by atoms with E-state index in [2.05, 4.69) is 11.8 Å². The zero-order chi connectivity index (χ0) is 16.2. The predicted molar refractivity (Wildman–Crippen MR) is 88.7 cm³/mol. The minimum atomic E-state index is -0.642. The third-order valence-electron chi connectivity index (χ3n) is 3.58. The Morgan fingerprint density at radius 1 is 1.22 bits per heavy atom. The summed E-state index contributed by atoms with van der Waals surface area (Å²) in [6.07, 6.45) is 3.68. The number of hydrogen-bond donors (Lipinski definition) is 1. The summed E-state index contributed by atoms with van der Waals surface area (Å²) < 4.78 is 16.6. The predicted octanol–water partition coefficient (Wildman–Crippen LogP) is 2.89. The van der Waals surface area contributed by atoms with Gasteiger partial charge in [-0.3, -0.25) is 0 Å². The van der Waals surface area contributed by atoms with E-state index in [1.54, 1.807) is 0 Å². The van der Waals surface area contributed by atoms with Crippen molar-refractivity contribution in [2.24, 2.45) is 0 Å². The lowest BCUT2D eigenvalue weighted by Crippen LogP contribution is -2.22. The second-order valence-corrected chi connectivity index (χ2v) is 5.58. The second kappa shape index (κ2) is 11.2. The fourth-order valence-electron chi connectivity index (χ4n) is 2.31. The van der Waals surface area contributed by atoms with Crippen LogP contribution in [-0.4, -0.2) is 37.3 Å². The van der Waals surface area contributed by atoms with Gasteiger partial charge in [-0.2, -0.15) is 0 Å². The first-order valence-corrected chi connectivity index (χ1v) is 8.36. The Morgan fingerprint density at radius 2 is 2.09 bits per heavy atom. The zero-order valence-corrected chi connectivity index (χ0v) is 13.6. The van der Waals surface area contributed by atoms with Gasteiger partial charge in [0.15, 0.2) is 6.29 Å². The quantitative estimate of drug-likeness (QED) is 0.591. The Labute approximate surface area is 138 Å². The third-order valence-corrected chi connectivity index (χ3v) is 3.58. The fraction of sp³-hybridized carbons (Fsp3) is 0.579. The standard InChI is InChI=1S/C19H26O4/c20-18(12-15-21-16-17-8-2-1-3-9-17)10-4-6-13-22-19-11-5-7-14-23-19/h1-3,8-9,18-20H,5-7,11-16H2. The minimum absolute atomic E-state index is 0.0677. The average Bonchev–Trinajstić information content (AvgIpc) is 2.60. The van der Waals surface area contributed by atoms with Crippen LogP contribution in [0, 0.1) is 11.8 Å². The summed E-state index contributed by atoms with van der Waals surface area (Å²) in [5, 5.41) is 9.78. The number of benzene rings is 1. The number of aliphatic hydroxyl groups excluding tert-OH is 1. The van der Waals surface area contributed by atoms with Crippen LogP contribution in [-0.2, 0) is 20.8 Å². The van der Waals surface area contributed by atoms with Gasteiger partial charge in [0.25, 0.3) is 0 Å². The Kier molecular flexibility index (Phi) is 8.75. The van der Waals surface area contributed by atoms with Gasteiger partial charge in [0.05, 0.1) is 19.8 Å². The molecule has 0 aromatic heterocycles. The molecule has 1 heterocycles. The van der Waals surface area contributed by atoms with E-state index in [0.717, 1.165) is 31.4 Å². The molecule has 126 valence electrons. The normalized spacial score (nSPS) is 18.9. The lowest BCUT2D eigenvalue weighted by molar-refractivity contribution is -0.161. The summed E-state index contributed by atoms with van der Waals surface area (Å²) in [4.78, 5) is 0. The molecule has 1 N–H and O–H groups in total. The van der Waals surface area contributed by atoms with Crippen molar-refractivity contribution in [1.82, 2.24) is 0 Å². The molecule has 0 saturated carbocycles. The van der Waals surface area contributed by atoms with Crippen LogP contribution < -0.4 is 0 Å². The van der Waals surface area contributed by atoms with E-state index >= 15 is 0 Å². The molecule has 1 aromatic carbocycles. The number of hydrogen-bond acceptors (Lipinski definition) is 4. The first-order valence-electron chi connectivity index (χ1n) is 8.36. The third kappa shape index (κ3) is 8.15. The molecule has 0 amide bonds. The molecular formula is C19H26O4. The topological polar surface area (TPSA) is 47.9 Å². The maximum Gasteiger partial charge on any atom is 0.157 e. The largest absolute Gasteiger partial charge is 0.380 e. The molecule has 4 nitrogen and oxygen atoms in total. The smallest absolute Gasteiger partial charge is 0.157 e. The molecule has 1 aliphatic rings. The SMILES string of the molecule is OC(C#CCCOC1CCCCO1)CCOCc1ccccc1. The van der Waals surface area contributed by atoms with Gasteiger partial charge in [0.2, 0.25) is 0 Å². The van der Waals surface area contributed by atoms with E-state index < -0.39 is 6.10 Å². The van der Waals surface area contributed by atoms with Crippen LogP contribution in [0.3, 0.4) is 0 Å². The van der Waals surface area contributed by atoms with E-state index in [9.17, 15) is 5.11 Å². The average molecular weight is 318 g/mol. The Hall–Kier alpha value is -1.38. The van der Waals surface area contributed by atoms with Gasteiger partial charge in [-0.05, 0) is 24.8 Å². The van der Waals surface area contributed by atoms with Gasteiger partial charge in [-0.1, -0.05) is 42.2 Å². The minimum Gasteiger partial charge on any atom is -0.380 e. The van der Waals surface area contributed by atoms with Crippen LogP contribution in [0.2, 0.25) is 0 Å². The Morgan fingerprint density at radius 3 is 2.87 bits per heavy atom. The summed E-state index contributed by atoms with van der Waals surface area (Å²) in [7, 11) is 0.